The van der Waals surface area contributed by atoms with Gasteiger partial charge in [-0.15, -0.1) is 5.10 Å². The summed E-state index contributed by atoms with van der Waals surface area (Å²) < 4.78 is 39.7. The number of halogens is 2. The second-order valence-corrected chi connectivity index (χ2v) is 7.92. The van der Waals surface area contributed by atoms with Gasteiger partial charge in [-0.2, -0.15) is 4.98 Å². The van der Waals surface area contributed by atoms with Crippen molar-refractivity contribution in [2.24, 2.45) is 0 Å². The van der Waals surface area contributed by atoms with Crippen molar-refractivity contribution in [2.75, 3.05) is 17.8 Å². The van der Waals surface area contributed by atoms with E-state index in [9.17, 15) is 8.78 Å². The van der Waals surface area contributed by atoms with Gasteiger partial charge in [0, 0.05) is 12.1 Å². The van der Waals surface area contributed by atoms with Crippen LogP contribution in [0.2, 0.25) is 0 Å². The van der Waals surface area contributed by atoms with E-state index in [1.165, 1.54) is 28.9 Å². The molecule has 0 spiro atoms. The summed E-state index contributed by atoms with van der Waals surface area (Å²) in [5.41, 5.74) is 9.24. The number of rotatable bonds is 5. The van der Waals surface area contributed by atoms with Crippen molar-refractivity contribution in [3.8, 4) is 28.4 Å². The molecule has 1 aliphatic rings. The molecular formula is C25H18F2N6O2. The van der Waals surface area contributed by atoms with E-state index < -0.39 is 5.82 Å². The van der Waals surface area contributed by atoms with Crippen molar-refractivity contribution >= 4 is 22.8 Å². The highest BCUT2D eigenvalue weighted by molar-refractivity contribution is 5.99. The Morgan fingerprint density at radius 3 is 2.57 bits per heavy atom. The zero-order chi connectivity index (χ0) is 23.9. The third-order valence-electron chi connectivity index (χ3n) is 5.63. The van der Waals surface area contributed by atoms with Gasteiger partial charge in [-0.1, -0.05) is 12.1 Å². The van der Waals surface area contributed by atoms with Crippen molar-refractivity contribution in [3.63, 3.8) is 0 Å². The van der Waals surface area contributed by atoms with Crippen LogP contribution in [0.4, 0.5) is 20.5 Å². The first-order chi connectivity index (χ1) is 17.0. The predicted molar refractivity (Wildman–Crippen MR) is 126 cm³/mol. The Hall–Kier alpha value is -4.73. The molecule has 0 atom stereocenters. The molecule has 3 heterocycles. The number of nitrogens with two attached hydrogens (primary N) is 1. The number of aromatic nitrogens is 4. The molecule has 174 valence electrons. The Bertz CT molecular complexity index is 1570. The van der Waals surface area contributed by atoms with Crippen LogP contribution in [0.5, 0.6) is 11.5 Å². The topological polar surface area (TPSA) is 100 Å². The molecule has 35 heavy (non-hydrogen) atoms. The van der Waals surface area contributed by atoms with E-state index in [2.05, 4.69) is 20.4 Å². The number of nitrogens with one attached hydrogen (secondary N) is 1. The quantitative estimate of drug-likeness (QED) is 0.383. The van der Waals surface area contributed by atoms with Crippen LogP contribution in [0.15, 0.2) is 66.7 Å². The molecule has 0 fully saturated rings. The number of hydrogen-bond donors (Lipinski definition) is 2. The zero-order valence-corrected chi connectivity index (χ0v) is 18.2. The molecule has 3 aromatic carbocycles. The molecule has 2 aromatic heterocycles. The Morgan fingerprint density at radius 2 is 1.74 bits per heavy atom. The standard InChI is InChI=1S/C25H18F2N6O2/c26-16-7-5-15(6-8-16)22-21-23(28)33(18-3-1-2-17(27)11-18)32-24(21)31-25(30-22)29-12-14-4-9-19-20(10-14)35-13-34-19/h1-11H,12-13,28H2,(H,29,31,32). The van der Waals surface area contributed by atoms with Crippen LogP contribution >= 0.6 is 0 Å². The molecule has 5 aromatic rings. The monoisotopic (exact) mass is 472 g/mol. The summed E-state index contributed by atoms with van der Waals surface area (Å²) in [5, 5.41) is 8.20. The molecule has 0 bridgehead atoms. The van der Waals surface area contributed by atoms with E-state index in [0.717, 1.165) is 5.56 Å². The fourth-order valence-corrected chi connectivity index (χ4v) is 3.94. The summed E-state index contributed by atoms with van der Waals surface area (Å²) in [7, 11) is 0. The zero-order valence-electron chi connectivity index (χ0n) is 18.2. The number of hydrogen-bond acceptors (Lipinski definition) is 7. The number of ether oxygens (including phenoxy) is 2. The van der Waals surface area contributed by atoms with Gasteiger partial charge in [-0.3, -0.25) is 0 Å². The molecule has 0 radical (unpaired) electrons. The Labute approximate surface area is 198 Å². The molecule has 0 saturated heterocycles. The van der Waals surface area contributed by atoms with E-state index in [4.69, 9.17) is 15.2 Å². The van der Waals surface area contributed by atoms with Gasteiger partial charge in [0.05, 0.1) is 16.8 Å². The van der Waals surface area contributed by atoms with Gasteiger partial charge >= 0.3 is 0 Å². The van der Waals surface area contributed by atoms with Crippen LogP contribution < -0.4 is 20.5 Å². The molecular weight excluding hydrogens is 454 g/mol. The normalized spacial score (nSPS) is 12.3. The van der Waals surface area contributed by atoms with Crippen LogP contribution in [0.25, 0.3) is 28.0 Å². The highest BCUT2D eigenvalue weighted by Gasteiger charge is 2.20. The molecule has 1 aliphatic heterocycles. The van der Waals surface area contributed by atoms with Crippen molar-refractivity contribution in [2.45, 2.75) is 6.54 Å². The van der Waals surface area contributed by atoms with Crippen molar-refractivity contribution in [1.82, 2.24) is 19.7 Å². The highest BCUT2D eigenvalue weighted by Crippen LogP contribution is 2.34. The van der Waals surface area contributed by atoms with Crippen molar-refractivity contribution < 1.29 is 18.3 Å². The number of fused-ring (bicyclic) bond motifs is 2. The summed E-state index contributed by atoms with van der Waals surface area (Å²) in [6.07, 6.45) is 0. The lowest BCUT2D eigenvalue weighted by atomic mass is 10.1. The van der Waals surface area contributed by atoms with E-state index in [1.807, 2.05) is 18.2 Å². The molecule has 0 saturated carbocycles. The maximum atomic E-state index is 13.9. The minimum absolute atomic E-state index is 0.197. The lowest BCUT2D eigenvalue weighted by Gasteiger charge is -2.09. The van der Waals surface area contributed by atoms with Crippen LogP contribution in [0, 0.1) is 11.6 Å². The Morgan fingerprint density at radius 1 is 0.914 bits per heavy atom. The maximum Gasteiger partial charge on any atom is 0.231 e. The van der Waals surface area contributed by atoms with Gasteiger partial charge in [0.25, 0.3) is 0 Å². The summed E-state index contributed by atoms with van der Waals surface area (Å²) in [4.78, 5) is 9.20. The average molecular weight is 472 g/mol. The molecule has 3 N–H and O–H groups in total. The number of anilines is 2. The van der Waals surface area contributed by atoms with Crippen LogP contribution in [0.1, 0.15) is 5.56 Å². The summed E-state index contributed by atoms with van der Waals surface area (Å²) in [6, 6.07) is 17.5. The third-order valence-corrected chi connectivity index (χ3v) is 5.63. The largest absolute Gasteiger partial charge is 0.454 e. The fourth-order valence-electron chi connectivity index (χ4n) is 3.94. The van der Waals surface area contributed by atoms with Crippen molar-refractivity contribution in [3.05, 3.63) is 83.9 Å². The second-order valence-electron chi connectivity index (χ2n) is 7.92. The van der Waals surface area contributed by atoms with Gasteiger partial charge < -0.3 is 20.5 Å². The van der Waals surface area contributed by atoms with E-state index in [-0.39, 0.29) is 18.4 Å². The molecule has 0 amide bonds. The third kappa shape index (κ3) is 3.84. The first-order valence-electron chi connectivity index (χ1n) is 10.8. The summed E-state index contributed by atoms with van der Waals surface area (Å²) in [5.74, 6) is 1.13. The lowest BCUT2D eigenvalue weighted by Crippen LogP contribution is -2.05. The van der Waals surface area contributed by atoms with Crippen LogP contribution in [-0.2, 0) is 6.54 Å². The van der Waals surface area contributed by atoms with Crippen LogP contribution in [-0.4, -0.2) is 26.5 Å². The maximum absolute atomic E-state index is 13.9. The Kier molecular flexibility index (Phi) is 4.91. The first kappa shape index (κ1) is 20.8. The molecule has 6 rings (SSSR count). The van der Waals surface area contributed by atoms with Crippen LogP contribution in [0.3, 0.4) is 0 Å². The minimum atomic E-state index is -0.419. The summed E-state index contributed by atoms with van der Waals surface area (Å²) >= 11 is 0. The fraction of sp³-hybridized carbons (Fsp3) is 0.0800. The second kappa shape index (κ2) is 8.24. The average Bonchev–Trinajstić information content (AvgIpc) is 3.47. The van der Waals surface area contributed by atoms with E-state index >= 15 is 0 Å². The number of nitrogens with zero attached hydrogens (tertiary/aromatic N) is 4. The Balaban J connectivity index is 1.43. The number of benzene rings is 3. The van der Waals surface area contributed by atoms with Gasteiger partial charge in [-0.05, 0) is 60.2 Å². The van der Waals surface area contributed by atoms with Crippen molar-refractivity contribution in [1.29, 1.82) is 0 Å². The van der Waals surface area contributed by atoms with Gasteiger partial charge in [0.1, 0.15) is 17.5 Å². The molecule has 8 nitrogen and oxygen atoms in total. The first-order valence-corrected chi connectivity index (χ1v) is 10.8. The predicted octanol–water partition coefficient (Wildman–Crippen LogP) is 4.68. The SMILES string of the molecule is Nc1c2c(-c3ccc(F)cc3)nc(NCc3ccc4c(c3)OCO4)nc2nn1-c1cccc(F)c1. The lowest BCUT2D eigenvalue weighted by molar-refractivity contribution is 0.174. The number of nitrogen functional groups attached to an aromatic ring is 1. The molecule has 10 heteroatoms. The van der Waals surface area contributed by atoms with Gasteiger partial charge in [0.2, 0.25) is 12.7 Å². The minimum Gasteiger partial charge on any atom is -0.454 e. The summed E-state index contributed by atoms with van der Waals surface area (Å²) in [6.45, 7) is 0.605. The molecule has 0 unspecified atom stereocenters. The van der Waals surface area contributed by atoms with E-state index in [0.29, 0.717) is 52.0 Å². The molecule has 0 aliphatic carbocycles. The van der Waals surface area contributed by atoms with Gasteiger partial charge in [-0.25, -0.2) is 18.4 Å². The highest BCUT2D eigenvalue weighted by atomic mass is 19.1. The van der Waals surface area contributed by atoms with Gasteiger partial charge in [0.15, 0.2) is 17.1 Å². The van der Waals surface area contributed by atoms with E-state index in [1.54, 1.807) is 24.3 Å². The smallest absolute Gasteiger partial charge is 0.231 e.